The maximum Gasteiger partial charge on any atom is 0.320 e. The molecule has 0 amide bonds. The van der Waals surface area contributed by atoms with Crippen LogP contribution in [-0.2, 0) is 6.61 Å². The van der Waals surface area contributed by atoms with E-state index in [-0.39, 0.29) is 18.0 Å². The Morgan fingerprint density at radius 3 is 2.67 bits per heavy atom. The van der Waals surface area contributed by atoms with Crippen molar-refractivity contribution < 1.29 is 14.8 Å². The van der Waals surface area contributed by atoms with Gasteiger partial charge in [-0.1, -0.05) is 0 Å². The van der Waals surface area contributed by atoms with Crippen molar-refractivity contribution in [3.8, 4) is 5.75 Å². The van der Waals surface area contributed by atoms with E-state index in [1.807, 2.05) is 0 Å². The minimum atomic E-state index is -0.448. The quantitative estimate of drug-likeness (QED) is 0.645. The van der Waals surface area contributed by atoms with Crippen LogP contribution in [0, 0.1) is 24.0 Å². The number of aromatic nitrogens is 1. The third-order valence-electron chi connectivity index (χ3n) is 3.10. The van der Waals surface area contributed by atoms with Gasteiger partial charge in [-0.25, -0.2) is 0 Å². The van der Waals surface area contributed by atoms with E-state index in [1.54, 1.807) is 19.9 Å². The minimum absolute atomic E-state index is 0.0547. The van der Waals surface area contributed by atoms with Crippen LogP contribution in [0.3, 0.4) is 0 Å². The number of aromatic amines is 1. The summed E-state index contributed by atoms with van der Waals surface area (Å²) in [6, 6.07) is 1.79. The molecular weight excluding hydrogens is 236 g/mol. The predicted molar refractivity (Wildman–Crippen MR) is 66.9 cm³/mol. The number of nitro benzene ring substituents is 1. The number of hydrogen-bond acceptors (Lipinski definition) is 4. The van der Waals surface area contributed by atoms with Crippen molar-refractivity contribution in [3.63, 3.8) is 0 Å². The summed E-state index contributed by atoms with van der Waals surface area (Å²) in [5.74, 6) is 0.263. The molecule has 2 rings (SSSR count). The lowest BCUT2D eigenvalue weighted by molar-refractivity contribution is -0.384. The highest BCUT2D eigenvalue weighted by Crippen LogP contribution is 2.40. The highest BCUT2D eigenvalue weighted by molar-refractivity contribution is 5.96. The lowest BCUT2D eigenvalue weighted by Gasteiger charge is -2.06. The molecule has 6 nitrogen and oxygen atoms in total. The fourth-order valence-electron chi connectivity index (χ4n) is 2.26. The van der Waals surface area contributed by atoms with Crippen molar-refractivity contribution in [2.24, 2.45) is 0 Å². The summed E-state index contributed by atoms with van der Waals surface area (Å²) in [6.45, 7) is 3.31. The molecule has 0 bridgehead atoms. The number of aryl methyl sites for hydroxylation is 2. The van der Waals surface area contributed by atoms with Gasteiger partial charge in [-0.15, -0.1) is 0 Å². The van der Waals surface area contributed by atoms with E-state index in [0.29, 0.717) is 27.7 Å². The molecular formula is C12H14N2O4. The average molecular weight is 250 g/mol. The first-order valence-corrected chi connectivity index (χ1v) is 5.45. The van der Waals surface area contributed by atoms with Crippen molar-refractivity contribution in [2.45, 2.75) is 20.5 Å². The van der Waals surface area contributed by atoms with Crippen molar-refractivity contribution in [3.05, 3.63) is 33.0 Å². The third kappa shape index (κ3) is 1.62. The van der Waals surface area contributed by atoms with Gasteiger partial charge in [0.2, 0.25) is 5.75 Å². The van der Waals surface area contributed by atoms with E-state index in [0.717, 1.165) is 0 Å². The summed E-state index contributed by atoms with van der Waals surface area (Å²) in [5.41, 5.74) is 2.53. The highest BCUT2D eigenvalue weighted by atomic mass is 16.6. The second-order valence-electron chi connectivity index (χ2n) is 4.14. The Hall–Kier alpha value is -2.08. The Balaban J connectivity index is 2.96. The van der Waals surface area contributed by atoms with E-state index in [4.69, 9.17) is 4.74 Å². The van der Waals surface area contributed by atoms with Gasteiger partial charge in [0.25, 0.3) is 0 Å². The van der Waals surface area contributed by atoms with E-state index >= 15 is 0 Å². The second-order valence-corrected chi connectivity index (χ2v) is 4.14. The number of nitrogens with zero attached hydrogens (tertiary/aromatic N) is 1. The summed E-state index contributed by atoms with van der Waals surface area (Å²) in [4.78, 5) is 13.8. The van der Waals surface area contributed by atoms with Crippen LogP contribution in [0.15, 0.2) is 6.07 Å². The molecule has 0 unspecified atom stereocenters. The number of aliphatic hydroxyl groups is 1. The molecule has 2 aromatic rings. The Kier molecular flexibility index (Phi) is 2.96. The zero-order chi connectivity index (χ0) is 13.4. The SMILES string of the molecule is COc1c(C)cc2[nH]c(CO)c(C)c2c1[N+](=O)[O-]. The first-order valence-electron chi connectivity index (χ1n) is 5.45. The number of aliphatic hydroxyl groups excluding tert-OH is 1. The van der Waals surface area contributed by atoms with Crippen LogP contribution in [-0.4, -0.2) is 22.1 Å². The monoisotopic (exact) mass is 250 g/mol. The summed E-state index contributed by atoms with van der Waals surface area (Å²) < 4.78 is 5.13. The van der Waals surface area contributed by atoms with Crippen LogP contribution in [0.5, 0.6) is 5.75 Å². The van der Waals surface area contributed by atoms with E-state index in [1.165, 1.54) is 7.11 Å². The van der Waals surface area contributed by atoms with E-state index in [9.17, 15) is 15.2 Å². The number of hydrogen-bond donors (Lipinski definition) is 2. The van der Waals surface area contributed by atoms with Crippen LogP contribution in [0.1, 0.15) is 16.8 Å². The summed E-state index contributed by atoms with van der Waals surface area (Å²) in [6.07, 6.45) is 0. The molecule has 0 aliphatic heterocycles. The molecule has 1 aromatic heterocycles. The second kappa shape index (κ2) is 4.30. The highest BCUT2D eigenvalue weighted by Gasteiger charge is 2.25. The molecule has 0 spiro atoms. The zero-order valence-electron chi connectivity index (χ0n) is 10.4. The zero-order valence-corrected chi connectivity index (χ0v) is 10.4. The van der Waals surface area contributed by atoms with Gasteiger partial charge in [0.1, 0.15) is 0 Å². The number of nitro groups is 1. The van der Waals surface area contributed by atoms with Gasteiger partial charge >= 0.3 is 5.69 Å². The van der Waals surface area contributed by atoms with Crippen molar-refractivity contribution in [1.29, 1.82) is 0 Å². The number of ether oxygens (including phenoxy) is 1. The number of nitrogens with one attached hydrogen (secondary N) is 1. The molecule has 6 heteroatoms. The molecule has 1 aromatic carbocycles. The van der Waals surface area contributed by atoms with Gasteiger partial charge in [0, 0.05) is 11.3 Å². The molecule has 96 valence electrons. The number of benzene rings is 1. The number of methoxy groups -OCH3 is 1. The molecule has 0 atom stereocenters. The van der Waals surface area contributed by atoms with E-state index in [2.05, 4.69) is 4.98 Å². The smallest absolute Gasteiger partial charge is 0.320 e. The standard InChI is InChI=1S/C12H14N2O4/c1-6-4-8-10(7(2)9(5-15)13-8)11(14(16)17)12(6)18-3/h4,13,15H,5H2,1-3H3. The van der Waals surface area contributed by atoms with Gasteiger partial charge in [-0.2, -0.15) is 0 Å². The minimum Gasteiger partial charge on any atom is -0.490 e. The number of H-pyrrole nitrogens is 1. The van der Waals surface area contributed by atoms with Gasteiger partial charge in [-0.05, 0) is 25.5 Å². The Morgan fingerprint density at radius 2 is 2.17 bits per heavy atom. The molecule has 18 heavy (non-hydrogen) atoms. The largest absolute Gasteiger partial charge is 0.490 e. The van der Waals surface area contributed by atoms with Crippen molar-refractivity contribution >= 4 is 16.6 Å². The topological polar surface area (TPSA) is 88.4 Å². The molecule has 0 fully saturated rings. The fraction of sp³-hybridized carbons (Fsp3) is 0.333. The first kappa shape index (κ1) is 12.4. The lowest BCUT2D eigenvalue weighted by Crippen LogP contribution is -1.97. The molecule has 0 aliphatic carbocycles. The average Bonchev–Trinajstić information content (AvgIpc) is 2.63. The normalized spacial score (nSPS) is 10.9. The first-order chi connectivity index (χ1) is 8.51. The summed E-state index contributed by atoms with van der Waals surface area (Å²) >= 11 is 0. The van der Waals surface area contributed by atoms with Gasteiger partial charge < -0.3 is 14.8 Å². The fourth-order valence-corrected chi connectivity index (χ4v) is 2.26. The molecule has 0 saturated carbocycles. The summed E-state index contributed by atoms with van der Waals surface area (Å²) in [5, 5.41) is 21.0. The Bertz CT molecular complexity index is 631. The maximum absolute atomic E-state index is 11.2. The van der Waals surface area contributed by atoms with Crippen molar-refractivity contribution in [1.82, 2.24) is 4.98 Å². The summed E-state index contributed by atoms with van der Waals surface area (Å²) in [7, 11) is 1.41. The Morgan fingerprint density at radius 1 is 1.50 bits per heavy atom. The van der Waals surface area contributed by atoms with Crippen LogP contribution in [0.4, 0.5) is 5.69 Å². The van der Waals surface area contributed by atoms with Crippen LogP contribution >= 0.6 is 0 Å². The van der Waals surface area contributed by atoms with Gasteiger partial charge in [-0.3, -0.25) is 10.1 Å². The number of rotatable bonds is 3. The number of fused-ring (bicyclic) bond motifs is 1. The maximum atomic E-state index is 11.2. The van der Waals surface area contributed by atoms with Gasteiger partial charge in [0.15, 0.2) is 0 Å². The van der Waals surface area contributed by atoms with Crippen LogP contribution in [0.2, 0.25) is 0 Å². The van der Waals surface area contributed by atoms with E-state index < -0.39 is 4.92 Å². The lowest BCUT2D eigenvalue weighted by atomic mass is 10.1. The predicted octanol–water partition coefficient (Wildman–Crippen LogP) is 2.19. The molecule has 0 aliphatic rings. The van der Waals surface area contributed by atoms with Crippen molar-refractivity contribution in [2.75, 3.05) is 7.11 Å². The van der Waals surface area contributed by atoms with Crippen LogP contribution < -0.4 is 4.74 Å². The third-order valence-corrected chi connectivity index (χ3v) is 3.10. The van der Waals surface area contributed by atoms with Gasteiger partial charge in [0.05, 0.1) is 29.5 Å². The molecule has 0 radical (unpaired) electrons. The molecule has 0 saturated heterocycles. The Labute approximate surface area is 103 Å². The molecule has 1 heterocycles. The molecule has 2 N–H and O–H groups in total. The van der Waals surface area contributed by atoms with Crippen LogP contribution in [0.25, 0.3) is 10.9 Å².